The molecule has 0 amide bonds. The Morgan fingerprint density at radius 1 is 1.16 bits per heavy atom. The Hall–Kier alpha value is -1.35. The van der Waals surface area contributed by atoms with Crippen LogP contribution < -0.4 is 5.73 Å². The van der Waals surface area contributed by atoms with Gasteiger partial charge in [-0.25, -0.2) is 0 Å². The predicted octanol–water partition coefficient (Wildman–Crippen LogP) is 4.25. The van der Waals surface area contributed by atoms with Gasteiger partial charge < -0.3 is 10.3 Å². The summed E-state index contributed by atoms with van der Waals surface area (Å²) in [4.78, 5) is 0.470. The standard InChI is InChI=1S/C16H22N2S/c1-2-3-4-5-6-10-18-11-9-13-7-8-14(16(17)19)12-15(13)18/h7-9,11-12H,2-6,10H2,1H3,(H2,17,19). The monoisotopic (exact) mass is 274 g/mol. The van der Waals surface area contributed by atoms with Crippen LogP contribution in [0.2, 0.25) is 0 Å². The second kappa shape index (κ2) is 6.71. The van der Waals surface area contributed by atoms with E-state index in [1.807, 2.05) is 6.07 Å². The smallest absolute Gasteiger partial charge is 0.104 e. The van der Waals surface area contributed by atoms with Crippen LogP contribution in [0.3, 0.4) is 0 Å². The van der Waals surface area contributed by atoms with Gasteiger partial charge in [0.25, 0.3) is 0 Å². The minimum absolute atomic E-state index is 0.470. The van der Waals surface area contributed by atoms with Crippen molar-refractivity contribution in [3.63, 3.8) is 0 Å². The second-order valence-corrected chi connectivity index (χ2v) is 5.50. The zero-order chi connectivity index (χ0) is 13.7. The number of aromatic nitrogens is 1. The first-order valence-corrected chi connectivity index (χ1v) is 7.52. The largest absolute Gasteiger partial charge is 0.389 e. The number of nitrogens with two attached hydrogens (primary N) is 1. The van der Waals surface area contributed by atoms with Gasteiger partial charge in [0.15, 0.2) is 0 Å². The van der Waals surface area contributed by atoms with E-state index in [4.69, 9.17) is 18.0 Å². The summed E-state index contributed by atoms with van der Waals surface area (Å²) in [6.07, 6.45) is 8.69. The van der Waals surface area contributed by atoms with E-state index in [0.29, 0.717) is 4.99 Å². The van der Waals surface area contributed by atoms with Gasteiger partial charge in [-0.3, -0.25) is 0 Å². The molecule has 0 fully saturated rings. The molecular weight excluding hydrogens is 252 g/mol. The Morgan fingerprint density at radius 3 is 2.68 bits per heavy atom. The summed E-state index contributed by atoms with van der Waals surface area (Å²) in [5, 5.41) is 1.26. The van der Waals surface area contributed by atoms with Gasteiger partial charge in [0.1, 0.15) is 4.99 Å². The van der Waals surface area contributed by atoms with Crippen LogP contribution in [0.4, 0.5) is 0 Å². The highest BCUT2D eigenvalue weighted by Gasteiger charge is 2.03. The van der Waals surface area contributed by atoms with E-state index in [1.165, 1.54) is 43.0 Å². The van der Waals surface area contributed by atoms with Crippen LogP contribution in [-0.4, -0.2) is 9.56 Å². The molecule has 0 unspecified atom stereocenters. The zero-order valence-corrected chi connectivity index (χ0v) is 12.4. The number of thiocarbonyl (C=S) groups is 1. The molecule has 0 radical (unpaired) electrons. The zero-order valence-electron chi connectivity index (χ0n) is 11.6. The van der Waals surface area contributed by atoms with Crippen molar-refractivity contribution in [1.82, 2.24) is 4.57 Å². The van der Waals surface area contributed by atoms with Gasteiger partial charge in [-0.05, 0) is 23.9 Å². The molecule has 2 N–H and O–H groups in total. The van der Waals surface area contributed by atoms with Gasteiger partial charge in [0.05, 0.1) is 0 Å². The van der Waals surface area contributed by atoms with Crippen LogP contribution in [0.5, 0.6) is 0 Å². The van der Waals surface area contributed by atoms with E-state index >= 15 is 0 Å². The number of benzene rings is 1. The highest BCUT2D eigenvalue weighted by atomic mass is 32.1. The number of nitrogens with zero attached hydrogens (tertiary/aromatic N) is 1. The minimum atomic E-state index is 0.470. The molecule has 2 rings (SSSR count). The lowest BCUT2D eigenvalue weighted by atomic mass is 10.1. The molecule has 2 aromatic rings. The van der Waals surface area contributed by atoms with Crippen molar-refractivity contribution < 1.29 is 0 Å². The number of unbranched alkanes of at least 4 members (excludes halogenated alkanes) is 4. The Bertz CT molecular complexity index is 557. The molecule has 102 valence electrons. The van der Waals surface area contributed by atoms with Crippen molar-refractivity contribution in [2.75, 3.05) is 0 Å². The molecule has 0 saturated heterocycles. The van der Waals surface area contributed by atoms with Crippen molar-refractivity contribution in [1.29, 1.82) is 0 Å². The first-order chi connectivity index (χ1) is 9.22. The summed E-state index contributed by atoms with van der Waals surface area (Å²) in [7, 11) is 0. The molecular formula is C16H22N2S. The lowest BCUT2D eigenvalue weighted by Gasteiger charge is -2.06. The SMILES string of the molecule is CCCCCCCn1ccc2ccc(C(N)=S)cc21. The van der Waals surface area contributed by atoms with Crippen LogP contribution in [0.25, 0.3) is 10.9 Å². The summed E-state index contributed by atoms with van der Waals surface area (Å²) in [5.41, 5.74) is 7.89. The third kappa shape index (κ3) is 3.57. The first-order valence-electron chi connectivity index (χ1n) is 7.11. The second-order valence-electron chi connectivity index (χ2n) is 5.06. The number of rotatable bonds is 7. The van der Waals surface area contributed by atoms with Crippen LogP contribution in [0.15, 0.2) is 30.5 Å². The molecule has 0 bridgehead atoms. The van der Waals surface area contributed by atoms with E-state index in [1.54, 1.807) is 0 Å². The molecule has 0 atom stereocenters. The highest BCUT2D eigenvalue weighted by molar-refractivity contribution is 7.80. The molecule has 1 aromatic heterocycles. The molecule has 0 aliphatic carbocycles. The van der Waals surface area contributed by atoms with Crippen molar-refractivity contribution in [3.8, 4) is 0 Å². The fraction of sp³-hybridized carbons (Fsp3) is 0.438. The summed E-state index contributed by atoms with van der Waals surface area (Å²) in [5.74, 6) is 0. The third-order valence-corrected chi connectivity index (χ3v) is 3.80. The normalized spacial score (nSPS) is 11.0. The first kappa shape index (κ1) is 14.1. The van der Waals surface area contributed by atoms with E-state index in [2.05, 4.69) is 35.9 Å². The Kier molecular flexibility index (Phi) is 4.97. The van der Waals surface area contributed by atoms with Crippen LogP contribution in [0, 0.1) is 0 Å². The van der Waals surface area contributed by atoms with Crippen molar-refractivity contribution in [3.05, 3.63) is 36.0 Å². The molecule has 1 heterocycles. The summed E-state index contributed by atoms with van der Waals surface area (Å²) < 4.78 is 2.31. The predicted molar refractivity (Wildman–Crippen MR) is 86.6 cm³/mol. The van der Waals surface area contributed by atoms with Gasteiger partial charge >= 0.3 is 0 Å². The molecule has 0 aliphatic heterocycles. The van der Waals surface area contributed by atoms with E-state index in [9.17, 15) is 0 Å². The van der Waals surface area contributed by atoms with Gasteiger partial charge in [-0.2, -0.15) is 0 Å². The topological polar surface area (TPSA) is 30.9 Å². The summed E-state index contributed by atoms with van der Waals surface area (Å²) in [6.45, 7) is 3.32. The van der Waals surface area contributed by atoms with Gasteiger partial charge in [-0.15, -0.1) is 0 Å². The number of hydrogen-bond acceptors (Lipinski definition) is 1. The maximum atomic E-state index is 5.70. The molecule has 0 aliphatic rings. The highest BCUT2D eigenvalue weighted by Crippen LogP contribution is 2.19. The number of fused-ring (bicyclic) bond motifs is 1. The van der Waals surface area contributed by atoms with Gasteiger partial charge in [0.2, 0.25) is 0 Å². The maximum absolute atomic E-state index is 5.70. The number of hydrogen-bond donors (Lipinski definition) is 1. The lowest BCUT2D eigenvalue weighted by Crippen LogP contribution is -2.09. The van der Waals surface area contributed by atoms with Crippen LogP contribution in [0.1, 0.15) is 44.6 Å². The molecule has 0 spiro atoms. The maximum Gasteiger partial charge on any atom is 0.104 e. The van der Waals surface area contributed by atoms with E-state index in [-0.39, 0.29) is 0 Å². The van der Waals surface area contributed by atoms with Crippen LogP contribution in [-0.2, 0) is 6.54 Å². The average molecular weight is 274 g/mol. The van der Waals surface area contributed by atoms with E-state index in [0.717, 1.165) is 12.1 Å². The summed E-state index contributed by atoms with van der Waals surface area (Å²) in [6, 6.07) is 8.35. The van der Waals surface area contributed by atoms with Crippen molar-refractivity contribution >= 4 is 28.1 Å². The van der Waals surface area contributed by atoms with Crippen molar-refractivity contribution in [2.24, 2.45) is 5.73 Å². The molecule has 1 aromatic carbocycles. The molecule has 0 saturated carbocycles. The third-order valence-electron chi connectivity index (χ3n) is 3.56. The minimum Gasteiger partial charge on any atom is -0.389 e. The lowest BCUT2D eigenvalue weighted by molar-refractivity contribution is 0.577. The Labute approximate surface area is 120 Å². The Morgan fingerprint density at radius 2 is 1.95 bits per heavy atom. The van der Waals surface area contributed by atoms with Crippen molar-refractivity contribution in [2.45, 2.75) is 45.6 Å². The quantitative estimate of drug-likeness (QED) is 0.604. The molecule has 19 heavy (non-hydrogen) atoms. The van der Waals surface area contributed by atoms with E-state index < -0.39 is 0 Å². The molecule has 2 nitrogen and oxygen atoms in total. The fourth-order valence-electron chi connectivity index (χ4n) is 2.42. The fourth-order valence-corrected chi connectivity index (χ4v) is 2.54. The molecule has 3 heteroatoms. The summed E-state index contributed by atoms with van der Waals surface area (Å²) >= 11 is 5.05. The average Bonchev–Trinajstić information content (AvgIpc) is 2.81. The van der Waals surface area contributed by atoms with Gasteiger partial charge in [0, 0.05) is 23.8 Å². The Balaban J connectivity index is 2.06. The number of aryl methyl sites for hydroxylation is 1. The van der Waals surface area contributed by atoms with Crippen LogP contribution >= 0.6 is 12.2 Å². The van der Waals surface area contributed by atoms with Gasteiger partial charge in [-0.1, -0.05) is 57.0 Å².